The van der Waals surface area contributed by atoms with E-state index in [1.165, 1.54) is 4.90 Å². The van der Waals surface area contributed by atoms with Gasteiger partial charge in [-0.05, 0) is 70.6 Å². The Morgan fingerprint density at radius 2 is 1.75 bits per heavy atom. The van der Waals surface area contributed by atoms with Crippen LogP contribution < -0.4 is 5.32 Å². The van der Waals surface area contributed by atoms with Gasteiger partial charge in [-0.2, -0.15) is 18.3 Å². The predicted octanol–water partition coefficient (Wildman–Crippen LogP) is 3.03. The first-order valence-corrected chi connectivity index (χ1v) is 11.0. The van der Waals surface area contributed by atoms with Crippen LogP contribution in [0.4, 0.5) is 13.2 Å². The maximum absolute atomic E-state index is 13.7. The molecule has 5 rings (SSSR count). The summed E-state index contributed by atoms with van der Waals surface area (Å²) in [5.74, 6) is 0.0201. The first kappa shape index (κ1) is 24.5. The van der Waals surface area contributed by atoms with Gasteiger partial charge in [-0.15, -0.1) is 0 Å². The van der Waals surface area contributed by atoms with E-state index in [9.17, 15) is 27.9 Å². The second-order valence-corrected chi connectivity index (χ2v) is 10.7. The zero-order valence-electron chi connectivity index (χ0n) is 19.2. The van der Waals surface area contributed by atoms with E-state index in [1.807, 2.05) is 0 Å². The number of nitrogens with one attached hydrogen (secondary N) is 1. The van der Waals surface area contributed by atoms with Crippen LogP contribution in [0.15, 0.2) is 6.20 Å². The monoisotopic (exact) mass is 458 g/mol. The molecule has 1 aromatic rings. The molecule has 4 aliphatic rings. The van der Waals surface area contributed by atoms with Crippen molar-refractivity contribution in [3.8, 4) is 0 Å². The Hall–Kier alpha value is -2.10. The zero-order valence-corrected chi connectivity index (χ0v) is 19.2. The van der Waals surface area contributed by atoms with Crippen molar-refractivity contribution in [3.63, 3.8) is 0 Å². The molecule has 32 heavy (non-hydrogen) atoms. The third-order valence-electron chi connectivity index (χ3n) is 6.67. The molecule has 4 bridgehead atoms. The number of aromatic nitrogens is 2. The summed E-state index contributed by atoms with van der Waals surface area (Å²) in [6.45, 7) is 4.86. The van der Waals surface area contributed by atoms with Gasteiger partial charge < -0.3 is 15.3 Å². The summed E-state index contributed by atoms with van der Waals surface area (Å²) in [6, 6.07) is -0.173. The van der Waals surface area contributed by atoms with Gasteiger partial charge in [-0.3, -0.25) is 14.3 Å². The number of amides is 2. The van der Waals surface area contributed by atoms with Crippen molar-refractivity contribution in [2.45, 2.75) is 76.2 Å². The fraction of sp³-hybridized carbons (Fsp3) is 0.773. The molecule has 4 aliphatic carbocycles. The summed E-state index contributed by atoms with van der Waals surface area (Å²) in [4.78, 5) is 23.7. The molecular weight excluding hydrogens is 425 g/mol. The van der Waals surface area contributed by atoms with E-state index in [1.54, 1.807) is 34.9 Å². The van der Waals surface area contributed by atoms with E-state index in [2.05, 4.69) is 10.4 Å². The summed E-state index contributed by atoms with van der Waals surface area (Å²) in [5, 5.41) is 17.4. The van der Waals surface area contributed by atoms with Crippen LogP contribution >= 0.6 is 0 Å². The lowest BCUT2D eigenvalue weighted by molar-refractivity contribution is -0.146. The molecule has 10 heteroatoms. The van der Waals surface area contributed by atoms with Gasteiger partial charge in [0.1, 0.15) is 0 Å². The number of carbonyl (C=O) groups excluding carboxylic acids is 2. The lowest BCUT2D eigenvalue weighted by Crippen LogP contribution is -2.61. The van der Waals surface area contributed by atoms with Gasteiger partial charge in [0, 0.05) is 20.1 Å². The van der Waals surface area contributed by atoms with Crippen molar-refractivity contribution < 1.29 is 27.9 Å². The minimum atomic E-state index is -4.67. The van der Waals surface area contributed by atoms with Crippen molar-refractivity contribution in [1.82, 2.24) is 20.0 Å². The van der Waals surface area contributed by atoms with Crippen molar-refractivity contribution in [2.24, 2.45) is 17.8 Å². The minimum absolute atomic E-state index is 0.136. The highest BCUT2D eigenvalue weighted by atomic mass is 19.4. The van der Waals surface area contributed by atoms with Gasteiger partial charge in [-0.1, -0.05) is 0 Å². The molecule has 2 N–H and O–H groups in total. The largest absolute Gasteiger partial charge is 0.433 e. The fourth-order valence-electron chi connectivity index (χ4n) is 5.74. The number of halogens is 3. The second-order valence-electron chi connectivity index (χ2n) is 10.7. The molecule has 2 unspecified atom stereocenters. The lowest BCUT2D eigenvalue weighted by Gasteiger charge is -2.58. The number of aliphatic hydroxyl groups is 1. The number of hydrogen-bond acceptors (Lipinski definition) is 4. The van der Waals surface area contributed by atoms with Crippen molar-refractivity contribution in [2.75, 3.05) is 14.1 Å². The van der Waals surface area contributed by atoms with Crippen LogP contribution in [0.1, 0.15) is 68.9 Å². The molecule has 0 saturated heterocycles. The van der Waals surface area contributed by atoms with Crippen LogP contribution in [-0.4, -0.2) is 57.8 Å². The Morgan fingerprint density at radius 1 is 1.22 bits per heavy atom. The van der Waals surface area contributed by atoms with Gasteiger partial charge in [0.15, 0.2) is 5.69 Å². The first-order valence-electron chi connectivity index (χ1n) is 11.0. The molecule has 2 amide bonds. The number of nitrogens with zero attached hydrogens (tertiary/aromatic N) is 3. The quantitative estimate of drug-likeness (QED) is 0.682. The Bertz CT molecular complexity index is 844. The van der Waals surface area contributed by atoms with Crippen LogP contribution in [0.2, 0.25) is 0 Å². The number of alkyl halides is 3. The van der Waals surface area contributed by atoms with E-state index < -0.39 is 34.5 Å². The predicted molar refractivity (Wildman–Crippen MR) is 112 cm³/mol. The lowest BCUT2D eigenvalue weighted by atomic mass is 9.52. The minimum Gasteiger partial charge on any atom is -0.390 e. The average Bonchev–Trinajstić information content (AvgIpc) is 3.10. The topological polar surface area (TPSA) is 87.5 Å². The van der Waals surface area contributed by atoms with E-state index >= 15 is 0 Å². The summed E-state index contributed by atoms with van der Waals surface area (Å²) in [5.41, 5.74) is -2.97. The Morgan fingerprint density at radius 3 is 2.16 bits per heavy atom. The molecule has 1 heterocycles. The molecule has 4 fully saturated rings. The average molecular weight is 459 g/mol. The van der Waals surface area contributed by atoms with Gasteiger partial charge in [0.25, 0.3) is 5.91 Å². The third-order valence-corrected chi connectivity index (χ3v) is 6.67. The van der Waals surface area contributed by atoms with E-state index in [4.69, 9.17) is 0 Å². The normalized spacial score (nSPS) is 31.0. The highest BCUT2D eigenvalue weighted by Crippen LogP contribution is 2.55. The smallest absolute Gasteiger partial charge is 0.390 e. The molecule has 0 radical (unpaired) electrons. The molecule has 2 atom stereocenters. The third kappa shape index (κ3) is 4.94. The van der Waals surface area contributed by atoms with Crippen molar-refractivity contribution in [1.29, 1.82) is 0 Å². The standard InChI is InChI=1S/C19H26F3N3O2.C3H7NO/c1-17(2,3)25-15(19(20,21)22)13(9-23-25)16(26)24-14-11-4-10-5-12(14)8-18(27,6-10)7-11;1-4(2)3-5/h9-12,14,27H,4-8H2,1-3H3,(H,24,26);3H,1-2H3. The number of hydrogen-bond donors (Lipinski definition) is 2. The van der Waals surface area contributed by atoms with Crippen molar-refractivity contribution >= 4 is 12.3 Å². The maximum Gasteiger partial charge on any atom is 0.433 e. The van der Waals surface area contributed by atoms with Crippen LogP contribution in [0.3, 0.4) is 0 Å². The van der Waals surface area contributed by atoms with Crippen molar-refractivity contribution in [3.05, 3.63) is 17.5 Å². The Balaban J connectivity index is 0.000000523. The van der Waals surface area contributed by atoms with Gasteiger partial charge >= 0.3 is 6.18 Å². The van der Waals surface area contributed by atoms with Crippen LogP contribution in [-0.2, 0) is 16.5 Å². The van der Waals surface area contributed by atoms with Gasteiger partial charge in [0.05, 0.1) is 22.9 Å². The SMILES string of the molecule is CC(C)(C)n1ncc(C(=O)NC2C3CC4CC2CC(O)(C4)C3)c1C(F)(F)F.CN(C)C=O. The molecule has 0 aliphatic heterocycles. The van der Waals surface area contributed by atoms with E-state index in [-0.39, 0.29) is 17.9 Å². The summed E-state index contributed by atoms with van der Waals surface area (Å²) in [6.07, 6.45) is 1.02. The molecule has 0 spiro atoms. The van der Waals surface area contributed by atoms with Crippen LogP contribution in [0.5, 0.6) is 0 Å². The summed E-state index contributed by atoms with van der Waals surface area (Å²) < 4.78 is 41.9. The molecule has 7 nitrogen and oxygen atoms in total. The molecule has 180 valence electrons. The fourth-order valence-corrected chi connectivity index (χ4v) is 5.74. The molecule has 4 saturated carbocycles. The summed E-state index contributed by atoms with van der Waals surface area (Å²) >= 11 is 0. The Labute approximate surface area is 186 Å². The van der Waals surface area contributed by atoms with Crippen LogP contribution in [0, 0.1) is 17.8 Å². The van der Waals surface area contributed by atoms with Gasteiger partial charge in [0.2, 0.25) is 6.41 Å². The van der Waals surface area contributed by atoms with Crippen LogP contribution in [0.25, 0.3) is 0 Å². The number of rotatable bonds is 3. The first-order chi connectivity index (χ1) is 14.6. The Kier molecular flexibility index (Phi) is 6.40. The van der Waals surface area contributed by atoms with E-state index in [0.717, 1.165) is 36.6 Å². The summed E-state index contributed by atoms with van der Waals surface area (Å²) in [7, 11) is 3.38. The van der Waals surface area contributed by atoms with Gasteiger partial charge in [-0.25, -0.2) is 0 Å². The highest BCUT2D eigenvalue weighted by molar-refractivity contribution is 5.95. The second kappa shape index (κ2) is 8.35. The molecule has 1 aromatic heterocycles. The maximum atomic E-state index is 13.7. The number of carbonyl (C=O) groups is 2. The zero-order chi connectivity index (χ0) is 24.1. The van der Waals surface area contributed by atoms with E-state index in [0.29, 0.717) is 18.8 Å². The molecular formula is C22H33F3N4O3. The highest BCUT2D eigenvalue weighted by Gasteiger charge is 2.55. The molecule has 0 aromatic carbocycles.